The number of nitrogens with zero attached hydrogens (tertiary/aromatic N) is 1. The summed E-state index contributed by atoms with van der Waals surface area (Å²) in [6.45, 7) is 7.68. The molecule has 0 saturated carbocycles. The Morgan fingerprint density at radius 2 is 2.11 bits per heavy atom. The third-order valence-corrected chi connectivity index (χ3v) is 4.03. The van der Waals surface area contributed by atoms with Gasteiger partial charge < -0.3 is 15.3 Å². The van der Waals surface area contributed by atoms with E-state index in [1.54, 1.807) is 0 Å². The lowest BCUT2D eigenvalue weighted by atomic mass is 10.1. The molecule has 0 bridgehead atoms. The van der Waals surface area contributed by atoms with Crippen molar-refractivity contribution in [2.24, 2.45) is 5.92 Å². The molecular weight excluding hydrogens is 224 g/mol. The Balaban J connectivity index is 2.24. The summed E-state index contributed by atoms with van der Waals surface area (Å²) < 4.78 is 0. The standard InChI is InChI=1S/C15H24N2O/c1-10-7-11(2)17(9-10)13-5-6-14(12(3)16-4)15(18)8-13/h5-6,8,10-12,16,18H,7,9H2,1-4H3. The van der Waals surface area contributed by atoms with Crippen LogP contribution >= 0.6 is 0 Å². The van der Waals surface area contributed by atoms with Gasteiger partial charge in [0.2, 0.25) is 0 Å². The van der Waals surface area contributed by atoms with Gasteiger partial charge in [0.25, 0.3) is 0 Å². The van der Waals surface area contributed by atoms with E-state index >= 15 is 0 Å². The number of hydrogen-bond acceptors (Lipinski definition) is 3. The van der Waals surface area contributed by atoms with E-state index in [2.05, 4.69) is 37.1 Å². The molecule has 100 valence electrons. The molecule has 18 heavy (non-hydrogen) atoms. The second-order valence-corrected chi connectivity index (χ2v) is 5.60. The lowest BCUT2D eigenvalue weighted by Gasteiger charge is -2.25. The van der Waals surface area contributed by atoms with Gasteiger partial charge >= 0.3 is 0 Å². The minimum absolute atomic E-state index is 0.175. The zero-order chi connectivity index (χ0) is 13.3. The molecule has 3 nitrogen and oxygen atoms in total. The van der Waals surface area contributed by atoms with Crippen LogP contribution in [0.2, 0.25) is 0 Å². The van der Waals surface area contributed by atoms with Gasteiger partial charge in [-0.15, -0.1) is 0 Å². The van der Waals surface area contributed by atoms with Gasteiger partial charge in [0.05, 0.1) is 0 Å². The van der Waals surface area contributed by atoms with E-state index in [1.807, 2.05) is 19.2 Å². The predicted octanol–water partition coefficient (Wildman–Crippen LogP) is 2.91. The van der Waals surface area contributed by atoms with Gasteiger partial charge in [0, 0.05) is 35.9 Å². The molecule has 0 aliphatic carbocycles. The van der Waals surface area contributed by atoms with Crippen LogP contribution in [-0.4, -0.2) is 24.7 Å². The molecule has 2 rings (SSSR count). The molecule has 1 aliphatic rings. The van der Waals surface area contributed by atoms with Gasteiger partial charge in [-0.3, -0.25) is 0 Å². The minimum Gasteiger partial charge on any atom is -0.508 e. The van der Waals surface area contributed by atoms with Crippen molar-refractivity contribution in [3.8, 4) is 5.75 Å². The normalized spacial score (nSPS) is 25.4. The van der Waals surface area contributed by atoms with Gasteiger partial charge in [0.15, 0.2) is 0 Å². The van der Waals surface area contributed by atoms with Crippen LogP contribution in [0.3, 0.4) is 0 Å². The van der Waals surface area contributed by atoms with E-state index in [0.717, 1.165) is 23.7 Å². The summed E-state index contributed by atoms with van der Waals surface area (Å²) in [4.78, 5) is 2.39. The van der Waals surface area contributed by atoms with Gasteiger partial charge in [0.1, 0.15) is 5.75 Å². The fourth-order valence-corrected chi connectivity index (χ4v) is 2.89. The summed E-state index contributed by atoms with van der Waals surface area (Å²) in [7, 11) is 1.91. The number of phenols is 1. The molecule has 1 saturated heterocycles. The number of rotatable bonds is 3. The third-order valence-electron chi connectivity index (χ3n) is 4.03. The maximum Gasteiger partial charge on any atom is 0.122 e. The van der Waals surface area contributed by atoms with Crippen molar-refractivity contribution in [3.05, 3.63) is 23.8 Å². The summed E-state index contributed by atoms with van der Waals surface area (Å²) in [6.07, 6.45) is 1.23. The molecule has 1 fully saturated rings. The Morgan fingerprint density at radius 3 is 2.61 bits per heavy atom. The second-order valence-electron chi connectivity index (χ2n) is 5.60. The molecule has 1 aliphatic heterocycles. The molecule has 1 aromatic rings. The Kier molecular flexibility index (Phi) is 3.81. The lowest BCUT2D eigenvalue weighted by molar-refractivity contribution is 0.457. The maximum atomic E-state index is 10.1. The topological polar surface area (TPSA) is 35.5 Å². The zero-order valence-corrected chi connectivity index (χ0v) is 11.8. The Labute approximate surface area is 110 Å². The van der Waals surface area contributed by atoms with Crippen molar-refractivity contribution >= 4 is 5.69 Å². The minimum atomic E-state index is 0.175. The first kappa shape index (κ1) is 13.2. The third kappa shape index (κ3) is 2.46. The number of hydrogen-bond donors (Lipinski definition) is 2. The molecule has 0 spiro atoms. The molecule has 1 heterocycles. The van der Waals surface area contributed by atoms with E-state index < -0.39 is 0 Å². The average molecular weight is 248 g/mol. The van der Waals surface area contributed by atoms with Crippen molar-refractivity contribution in [3.63, 3.8) is 0 Å². The molecule has 3 atom stereocenters. The van der Waals surface area contributed by atoms with E-state index in [-0.39, 0.29) is 6.04 Å². The first-order valence-electron chi connectivity index (χ1n) is 6.79. The zero-order valence-electron chi connectivity index (χ0n) is 11.8. The highest BCUT2D eigenvalue weighted by atomic mass is 16.3. The van der Waals surface area contributed by atoms with Crippen LogP contribution in [0.1, 0.15) is 38.8 Å². The molecular formula is C15H24N2O. The molecule has 0 aromatic heterocycles. The summed E-state index contributed by atoms with van der Waals surface area (Å²) in [5.41, 5.74) is 2.09. The van der Waals surface area contributed by atoms with Gasteiger partial charge in [-0.05, 0) is 39.3 Å². The number of anilines is 1. The quantitative estimate of drug-likeness (QED) is 0.863. The van der Waals surface area contributed by atoms with Crippen LogP contribution in [0, 0.1) is 5.92 Å². The van der Waals surface area contributed by atoms with Crippen molar-refractivity contribution in [2.75, 3.05) is 18.5 Å². The SMILES string of the molecule is CNC(C)c1ccc(N2CC(C)CC2C)cc1O. The van der Waals surface area contributed by atoms with Crippen LogP contribution in [-0.2, 0) is 0 Å². The van der Waals surface area contributed by atoms with E-state index in [4.69, 9.17) is 0 Å². The molecule has 0 amide bonds. The molecule has 3 heteroatoms. The summed E-state index contributed by atoms with van der Waals surface area (Å²) >= 11 is 0. The van der Waals surface area contributed by atoms with E-state index in [9.17, 15) is 5.11 Å². The fraction of sp³-hybridized carbons (Fsp3) is 0.600. The number of phenolic OH excluding ortho intramolecular Hbond substituents is 1. The smallest absolute Gasteiger partial charge is 0.122 e. The molecule has 3 unspecified atom stereocenters. The monoisotopic (exact) mass is 248 g/mol. The second kappa shape index (κ2) is 5.19. The van der Waals surface area contributed by atoms with Crippen molar-refractivity contribution in [1.82, 2.24) is 5.32 Å². The Morgan fingerprint density at radius 1 is 1.39 bits per heavy atom. The fourth-order valence-electron chi connectivity index (χ4n) is 2.89. The summed E-state index contributed by atoms with van der Waals surface area (Å²) in [5.74, 6) is 1.12. The molecule has 0 radical (unpaired) electrons. The van der Waals surface area contributed by atoms with Gasteiger partial charge in [-0.2, -0.15) is 0 Å². The van der Waals surface area contributed by atoms with Crippen molar-refractivity contribution < 1.29 is 5.11 Å². The Bertz CT molecular complexity index is 419. The van der Waals surface area contributed by atoms with E-state index in [0.29, 0.717) is 11.8 Å². The van der Waals surface area contributed by atoms with E-state index in [1.165, 1.54) is 6.42 Å². The maximum absolute atomic E-state index is 10.1. The largest absolute Gasteiger partial charge is 0.508 e. The highest BCUT2D eigenvalue weighted by Crippen LogP contribution is 2.33. The average Bonchev–Trinajstić information content (AvgIpc) is 2.67. The van der Waals surface area contributed by atoms with Crippen molar-refractivity contribution in [2.45, 2.75) is 39.3 Å². The number of benzene rings is 1. The van der Waals surface area contributed by atoms with Crippen LogP contribution < -0.4 is 10.2 Å². The summed E-state index contributed by atoms with van der Waals surface area (Å²) in [6, 6.07) is 6.79. The Hall–Kier alpha value is -1.22. The van der Waals surface area contributed by atoms with Crippen LogP contribution in [0.25, 0.3) is 0 Å². The first-order chi connectivity index (χ1) is 8.52. The molecule has 2 N–H and O–H groups in total. The van der Waals surface area contributed by atoms with Crippen LogP contribution in [0.4, 0.5) is 5.69 Å². The van der Waals surface area contributed by atoms with Crippen molar-refractivity contribution in [1.29, 1.82) is 0 Å². The summed E-state index contributed by atoms with van der Waals surface area (Å²) in [5, 5.41) is 13.3. The lowest BCUT2D eigenvalue weighted by Crippen LogP contribution is -2.26. The predicted molar refractivity (Wildman–Crippen MR) is 76.2 cm³/mol. The first-order valence-corrected chi connectivity index (χ1v) is 6.79. The number of aromatic hydroxyl groups is 1. The van der Waals surface area contributed by atoms with Gasteiger partial charge in [-0.1, -0.05) is 13.0 Å². The van der Waals surface area contributed by atoms with Gasteiger partial charge in [-0.25, -0.2) is 0 Å². The highest BCUT2D eigenvalue weighted by molar-refractivity contribution is 5.55. The van der Waals surface area contributed by atoms with Crippen LogP contribution in [0.5, 0.6) is 5.75 Å². The number of nitrogens with one attached hydrogen (secondary N) is 1. The highest BCUT2D eigenvalue weighted by Gasteiger charge is 2.26. The molecule has 1 aromatic carbocycles. The van der Waals surface area contributed by atoms with Crippen LogP contribution in [0.15, 0.2) is 18.2 Å².